The van der Waals surface area contributed by atoms with E-state index < -0.39 is 11.4 Å². The molecule has 0 amide bonds. The van der Waals surface area contributed by atoms with E-state index in [1.807, 2.05) is 0 Å². The lowest BCUT2D eigenvalue weighted by atomic mass is 9.62. The van der Waals surface area contributed by atoms with E-state index in [0.29, 0.717) is 5.92 Å². The number of likely N-dealkylation sites (tertiary alicyclic amines) is 1. The normalized spacial score (nSPS) is 36.9. The minimum absolute atomic E-state index is 0.216. The second-order valence-electron chi connectivity index (χ2n) is 5.88. The Morgan fingerprint density at radius 3 is 2.24 bits per heavy atom. The van der Waals surface area contributed by atoms with E-state index in [9.17, 15) is 9.90 Å². The molecule has 0 spiro atoms. The second kappa shape index (κ2) is 4.94. The molecule has 0 aromatic heterocycles. The van der Waals surface area contributed by atoms with Crippen molar-refractivity contribution in [2.45, 2.75) is 44.6 Å². The Morgan fingerprint density at radius 2 is 1.76 bits per heavy atom. The monoisotopic (exact) mass is 240 g/mol. The van der Waals surface area contributed by atoms with Crippen LogP contribution in [-0.4, -0.2) is 42.2 Å². The van der Waals surface area contributed by atoms with Gasteiger partial charge in [0.15, 0.2) is 0 Å². The number of nitrogens with zero attached hydrogens (tertiary/aromatic N) is 1. The summed E-state index contributed by atoms with van der Waals surface area (Å²) in [4.78, 5) is 14.0. The van der Waals surface area contributed by atoms with Crippen molar-refractivity contribution in [3.05, 3.63) is 0 Å². The van der Waals surface area contributed by atoms with Crippen molar-refractivity contribution in [1.29, 1.82) is 0 Å². The quantitative estimate of drug-likeness (QED) is 0.763. The molecular weight excluding hydrogens is 216 g/mol. The lowest BCUT2D eigenvalue weighted by Gasteiger charge is -2.44. The highest BCUT2D eigenvalue weighted by Crippen LogP contribution is 2.46. The molecule has 1 heterocycles. The van der Waals surface area contributed by atoms with Crippen LogP contribution in [-0.2, 0) is 4.79 Å². The summed E-state index contributed by atoms with van der Waals surface area (Å²) in [5.41, 5.74) is 5.43. The van der Waals surface area contributed by atoms with Gasteiger partial charge in [0.1, 0.15) is 0 Å². The molecule has 98 valence electrons. The van der Waals surface area contributed by atoms with Crippen LogP contribution in [0.4, 0.5) is 0 Å². The molecule has 0 unspecified atom stereocenters. The van der Waals surface area contributed by atoms with E-state index in [4.69, 9.17) is 5.73 Å². The molecule has 1 aliphatic heterocycles. The lowest BCUT2D eigenvalue weighted by Crippen LogP contribution is -2.48. The van der Waals surface area contributed by atoms with Gasteiger partial charge in [-0.15, -0.1) is 0 Å². The van der Waals surface area contributed by atoms with Gasteiger partial charge in [-0.05, 0) is 64.6 Å². The third-order valence-corrected chi connectivity index (χ3v) is 4.85. The van der Waals surface area contributed by atoms with Gasteiger partial charge in [0.2, 0.25) is 0 Å². The summed E-state index contributed by atoms with van der Waals surface area (Å²) < 4.78 is 0. The topological polar surface area (TPSA) is 66.6 Å². The molecule has 0 bridgehead atoms. The number of piperidine rings is 1. The van der Waals surface area contributed by atoms with E-state index in [1.54, 1.807) is 0 Å². The highest BCUT2D eigenvalue weighted by atomic mass is 16.4. The van der Waals surface area contributed by atoms with Crippen LogP contribution in [0.3, 0.4) is 0 Å². The Morgan fingerprint density at radius 1 is 1.24 bits per heavy atom. The third-order valence-electron chi connectivity index (χ3n) is 4.85. The molecule has 3 N–H and O–H groups in total. The molecule has 0 aromatic rings. The van der Waals surface area contributed by atoms with Gasteiger partial charge in [0.05, 0.1) is 5.41 Å². The number of carbonyl (C=O) groups is 1. The van der Waals surface area contributed by atoms with Crippen LogP contribution in [0.25, 0.3) is 0 Å². The highest BCUT2D eigenvalue weighted by molar-refractivity contribution is 5.75. The summed E-state index contributed by atoms with van der Waals surface area (Å²) in [7, 11) is 2.11. The number of nitrogens with two attached hydrogens (primary N) is 1. The second-order valence-corrected chi connectivity index (χ2v) is 5.88. The third kappa shape index (κ3) is 2.47. The Kier molecular flexibility index (Phi) is 3.73. The van der Waals surface area contributed by atoms with Crippen LogP contribution in [0, 0.1) is 11.3 Å². The number of carboxylic acid groups (broad SMARTS) is 1. The number of aliphatic carboxylic acids is 1. The molecule has 2 aliphatic rings. The van der Waals surface area contributed by atoms with E-state index in [0.717, 1.165) is 51.6 Å². The van der Waals surface area contributed by atoms with E-state index >= 15 is 0 Å². The first-order chi connectivity index (χ1) is 8.04. The van der Waals surface area contributed by atoms with Gasteiger partial charge in [-0.2, -0.15) is 0 Å². The van der Waals surface area contributed by atoms with E-state index in [-0.39, 0.29) is 6.04 Å². The molecule has 17 heavy (non-hydrogen) atoms. The molecule has 4 nitrogen and oxygen atoms in total. The SMILES string of the molecule is CN1CCC(C2(C(=O)O)CCC(N)CC2)CC1. The van der Waals surface area contributed by atoms with Crippen molar-refractivity contribution in [3.8, 4) is 0 Å². The van der Waals surface area contributed by atoms with Gasteiger partial charge >= 0.3 is 5.97 Å². The zero-order chi connectivity index (χ0) is 12.5. The fourth-order valence-corrected chi connectivity index (χ4v) is 3.51. The zero-order valence-corrected chi connectivity index (χ0v) is 10.7. The molecule has 2 rings (SSSR count). The molecule has 1 saturated heterocycles. The predicted octanol–water partition coefficient (Wildman–Crippen LogP) is 1.30. The average Bonchev–Trinajstić information content (AvgIpc) is 2.31. The number of hydrogen-bond donors (Lipinski definition) is 2. The minimum Gasteiger partial charge on any atom is -0.481 e. The maximum atomic E-state index is 11.7. The zero-order valence-electron chi connectivity index (χ0n) is 10.7. The van der Waals surface area contributed by atoms with Gasteiger partial charge in [0.25, 0.3) is 0 Å². The number of hydrogen-bond acceptors (Lipinski definition) is 3. The van der Waals surface area contributed by atoms with Crippen molar-refractivity contribution >= 4 is 5.97 Å². The first-order valence-corrected chi connectivity index (χ1v) is 6.72. The van der Waals surface area contributed by atoms with Gasteiger partial charge in [-0.25, -0.2) is 0 Å². The Bertz CT molecular complexity index is 277. The fourth-order valence-electron chi connectivity index (χ4n) is 3.51. The van der Waals surface area contributed by atoms with Crippen LogP contribution in [0.2, 0.25) is 0 Å². The van der Waals surface area contributed by atoms with Crippen molar-refractivity contribution in [1.82, 2.24) is 4.90 Å². The molecule has 4 heteroatoms. The lowest BCUT2D eigenvalue weighted by molar-refractivity contribution is -0.157. The smallest absolute Gasteiger partial charge is 0.309 e. The largest absolute Gasteiger partial charge is 0.481 e. The molecule has 0 atom stereocenters. The number of carboxylic acids is 1. The maximum Gasteiger partial charge on any atom is 0.309 e. The molecule has 1 saturated carbocycles. The van der Waals surface area contributed by atoms with E-state index in [1.165, 1.54) is 0 Å². The van der Waals surface area contributed by atoms with Crippen molar-refractivity contribution < 1.29 is 9.90 Å². The summed E-state index contributed by atoms with van der Waals surface area (Å²) in [6, 6.07) is 0.216. The van der Waals surface area contributed by atoms with Gasteiger partial charge < -0.3 is 15.7 Å². The summed E-state index contributed by atoms with van der Waals surface area (Å²) >= 11 is 0. The molecule has 1 aliphatic carbocycles. The van der Waals surface area contributed by atoms with Crippen LogP contribution in [0.15, 0.2) is 0 Å². The van der Waals surface area contributed by atoms with Gasteiger partial charge in [-0.1, -0.05) is 0 Å². The van der Waals surface area contributed by atoms with E-state index in [2.05, 4.69) is 11.9 Å². The summed E-state index contributed by atoms with van der Waals surface area (Å²) in [6.45, 7) is 2.07. The molecule has 0 radical (unpaired) electrons. The standard InChI is InChI=1S/C13H24N2O2/c1-15-8-4-10(5-9-15)13(12(16)17)6-2-11(14)3-7-13/h10-11H,2-9,14H2,1H3,(H,16,17). The summed E-state index contributed by atoms with van der Waals surface area (Å²) in [6.07, 6.45) is 5.35. The van der Waals surface area contributed by atoms with Crippen LogP contribution >= 0.6 is 0 Å². The fraction of sp³-hybridized carbons (Fsp3) is 0.923. The van der Waals surface area contributed by atoms with Crippen LogP contribution in [0.5, 0.6) is 0 Å². The first-order valence-electron chi connectivity index (χ1n) is 6.72. The Hall–Kier alpha value is -0.610. The minimum atomic E-state index is -0.584. The molecule has 0 aromatic carbocycles. The average molecular weight is 240 g/mol. The molecular formula is C13H24N2O2. The van der Waals surface area contributed by atoms with Crippen LogP contribution in [0.1, 0.15) is 38.5 Å². The Balaban J connectivity index is 2.09. The summed E-state index contributed by atoms with van der Waals surface area (Å²) in [5, 5.41) is 9.64. The maximum absolute atomic E-state index is 11.7. The summed E-state index contributed by atoms with van der Waals surface area (Å²) in [5.74, 6) is -0.234. The predicted molar refractivity (Wildman–Crippen MR) is 66.7 cm³/mol. The van der Waals surface area contributed by atoms with Crippen molar-refractivity contribution in [2.24, 2.45) is 17.1 Å². The molecule has 2 fully saturated rings. The van der Waals surface area contributed by atoms with Gasteiger partial charge in [0, 0.05) is 6.04 Å². The van der Waals surface area contributed by atoms with Gasteiger partial charge in [-0.3, -0.25) is 4.79 Å². The Labute approximate surface area is 103 Å². The van der Waals surface area contributed by atoms with Crippen molar-refractivity contribution in [3.63, 3.8) is 0 Å². The number of rotatable bonds is 2. The first kappa shape index (κ1) is 12.8. The van der Waals surface area contributed by atoms with Crippen LogP contribution < -0.4 is 5.73 Å². The highest BCUT2D eigenvalue weighted by Gasteiger charge is 2.47. The van der Waals surface area contributed by atoms with Crippen molar-refractivity contribution in [2.75, 3.05) is 20.1 Å².